The number of benzene rings is 2. The summed E-state index contributed by atoms with van der Waals surface area (Å²) in [5, 5.41) is 10.9. The highest BCUT2D eigenvalue weighted by atomic mass is 16.5. The van der Waals surface area contributed by atoms with Crippen molar-refractivity contribution in [3.05, 3.63) is 59.2 Å². The van der Waals surface area contributed by atoms with Crippen molar-refractivity contribution in [2.45, 2.75) is 0 Å². The molecule has 0 spiro atoms. The van der Waals surface area contributed by atoms with Gasteiger partial charge >= 0.3 is 6.09 Å². The minimum atomic E-state index is -1.09. The van der Waals surface area contributed by atoms with E-state index in [2.05, 4.69) is 5.32 Å². The molecular formula is C17H15NO4. The summed E-state index contributed by atoms with van der Waals surface area (Å²) >= 11 is 0. The summed E-state index contributed by atoms with van der Waals surface area (Å²) in [5.74, 6) is 0.616. The van der Waals surface area contributed by atoms with E-state index in [0.29, 0.717) is 17.0 Å². The highest BCUT2D eigenvalue weighted by molar-refractivity contribution is 5.83. The molecule has 0 aliphatic carbocycles. The molecule has 5 heteroatoms. The predicted molar refractivity (Wildman–Crippen MR) is 85.4 cm³/mol. The second-order valence-corrected chi connectivity index (χ2v) is 4.50. The number of rotatable bonds is 5. The molecule has 1 amide bonds. The SMILES string of the molecule is COc1cc(C=O)ccc1/C=C/c1ccc(NC(=O)O)cc1. The fraction of sp³-hybridized carbons (Fsp3) is 0.0588. The molecule has 0 heterocycles. The molecule has 0 bridgehead atoms. The van der Waals surface area contributed by atoms with Crippen LogP contribution in [0.5, 0.6) is 5.75 Å². The monoisotopic (exact) mass is 297 g/mol. The molecule has 5 nitrogen and oxygen atoms in total. The molecule has 0 aliphatic heterocycles. The highest BCUT2D eigenvalue weighted by Crippen LogP contribution is 2.22. The van der Waals surface area contributed by atoms with Crippen LogP contribution in [0.4, 0.5) is 10.5 Å². The number of hydrogen-bond acceptors (Lipinski definition) is 3. The molecule has 2 N–H and O–H groups in total. The van der Waals surface area contributed by atoms with Gasteiger partial charge in [0.25, 0.3) is 0 Å². The second kappa shape index (κ2) is 7.08. The van der Waals surface area contributed by atoms with Crippen LogP contribution in [0.2, 0.25) is 0 Å². The average molecular weight is 297 g/mol. The van der Waals surface area contributed by atoms with Crippen molar-refractivity contribution in [2.24, 2.45) is 0 Å². The fourth-order valence-corrected chi connectivity index (χ4v) is 1.93. The Kier molecular flexibility index (Phi) is 4.93. The predicted octanol–water partition coefficient (Wildman–Crippen LogP) is 3.77. The zero-order chi connectivity index (χ0) is 15.9. The fourth-order valence-electron chi connectivity index (χ4n) is 1.93. The first kappa shape index (κ1) is 15.3. The van der Waals surface area contributed by atoms with Gasteiger partial charge in [-0.2, -0.15) is 0 Å². The van der Waals surface area contributed by atoms with Crippen molar-refractivity contribution < 1.29 is 19.4 Å². The number of carbonyl (C=O) groups excluding carboxylic acids is 1. The number of amides is 1. The van der Waals surface area contributed by atoms with Gasteiger partial charge in [0.2, 0.25) is 0 Å². The molecule has 0 saturated carbocycles. The lowest BCUT2D eigenvalue weighted by atomic mass is 10.1. The van der Waals surface area contributed by atoms with E-state index in [4.69, 9.17) is 9.84 Å². The van der Waals surface area contributed by atoms with Gasteiger partial charge in [-0.25, -0.2) is 4.79 Å². The van der Waals surface area contributed by atoms with Crippen molar-refractivity contribution in [3.8, 4) is 5.75 Å². The lowest BCUT2D eigenvalue weighted by Crippen LogP contribution is -2.06. The molecule has 0 saturated heterocycles. The molecule has 2 aromatic rings. The molecule has 2 rings (SSSR count). The van der Waals surface area contributed by atoms with E-state index in [0.717, 1.165) is 17.4 Å². The van der Waals surface area contributed by atoms with Gasteiger partial charge in [0.1, 0.15) is 12.0 Å². The van der Waals surface area contributed by atoms with Crippen molar-refractivity contribution in [1.29, 1.82) is 0 Å². The van der Waals surface area contributed by atoms with Crippen molar-refractivity contribution in [2.75, 3.05) is 12.4 Å². The number of nitrogens with one attached hydrogen (secondary N) is 1. The van der Waals surface area contributed by atoms with Crippen LogP contribution in [-0.4, -0.2) is 24.6 Å². The van der Waals surface area contributed by atoms with Gasteiger partial charge in [0.05, 0.1) is 7.11 Å². The molecular weight excluding hydrogens is 282 g/mol. The van der Waals surface area contributed by atoms with Gasteiger partial charge in [-0.15, -0.1) is 0 Å². The van der Waals surface area contributed by atoms with Crippen molar-refractivity contribution in [3.63, 3.8) is 0 Å². The highest BCUT2D eigenvalue weighted by Gasteiger charge is 2.01. The molecule has 112 valence electrons. The maximum atomic E-state index is 10.8. The number of carboxylic acid groups (broad SMARTS) is 1. The smallest absolute Gasteiger partial charge is 0.409 e. The zero-order valence-electron chi connectivity index (χ0n) is 11.9. The first-order valence-corrected chi connectivity index (χ1v) is 6.53. The summed E-state index contributed by atoms with van der Waals surface area (Å²) in [6.07, 6.45) is 3.42. The summed E-state index contributed by atoms with van der Waals surface area (Å²) in [7, 11) is 1.55. The maximum absolute atomic E-state index is 10.8. The van der Waals surface area contributed by atoms with E-state index in [1.807, 2.05) is 12.2 Å². The van der Waals surface area contributed by atoms with Crippen LogP contribution in [0.3, 0.4) is 0 Å². The lowest BCUT2D eigenvalue weighted by Gasteiger charge is -2.05. The average Bonchev–Trinajstić information content (AvgIpc) is 2.53. The van der Waals surface area contributed by atoms with Crippen LogP contribution in [0.15, 0.2) is 42.5 Å². The number of carbonyl (C=O) groups is 2. The molecule has 0 atom stereocenters. The van der Waals surface area contributed by atoms with E-state index in [1.54, 1.807) is 49.6 Å². The van der Waals surface area contributed by atoms with E-state index in [1.165, 1.54) is 0 Å². The number of ether oxygens (including phenoxy) is 1. The van der Waals surface area contributed by atoms with Crippen LogP contribution < -0.4 is 10.1 Å². The second-order valence-electron chi connectivity index (χ2n) is 4.50. The summed E-state index contributed by atoms with van der Waals surface area (Å²) < 4.78 is 5.25. The van der Waals surface area contributed by atoms with Crippen LogP contribution in [0.1, 0.15) is 21.5 Å². The lowest BCUT2D eigenvalue weighted by molar-refractivity contribution is 0.112. The maximum Gasteiger partial charge on any atom is 0.409 e. The Morgan fingerprint density at radius 1 is 1.09 bits per heavy atom. The normalized spacial score (nSPS) is 10.4. The third-order valence-electron chi connectivity index (χ3n) is 3.01. The third-order valence-corrected chi connectivity index (χ3v) is 3.01. The summed E-state index contributed by atoms with van der Waals surface area (Å²) in [4.78, 5) is 21.3. The molecule has 0 aromatic heterocycles. The Morgan fingerprint density at radius 2 is 1.77 bits per heavy atom. The quantitative estimate of drug-likeness (QED) is 0.650. The largest absolute Gasteiger partial charge is 0.496 e. The van der Waals surface area contributed by atoms with Gasteiger partial charge in [-0.3, -0.25) is 10.1 Å². The van der Waals surface area contributed by atoms with Crippen molar-refractivity contribution in [1.82, 2.24) is 0 Å². The van der Waals surface area contributed by atoms with Crippen LogP contribution in [0, 0.1) is 0 Å². The summed E-state index contributed by atoms with van der Waals surface area (Å²) in [5.41, 5.74) is 2.83. The number of hydrogen-bond donors (Lipinski definition) is 2. The Bertz CT molecular complexity index is 705. The van der Waals surface area contributed by atoms with E-state index < -0.39 is 6.09 Å². The van der Waals surface area contributed by atoms with Gasteiger partial charge in [0, 0.05) is 16.8 Å². The Hall–Kier alpha value is -3.08. The molecule has 22 heavy (non-hydrogen) atoms. The minimum Gasteiger partial charge on any atom is -0.496 e. The summed E-state index contributed by atoms with van der Waals surface area (Å²) in [6, 6.07) is 12.2. The van der Waals surface area contributed by atoms with Gasteiger partial charge in [-0.1, -0.05) is 36.4 Å². The van der Waals surface area contributed by atoms with Crippen LogP contribution in [-0.2, 0) is 0 Å². The van der Waals surface area contributed by atoms with Crippen LogP contribution >= 0.6 is 0 Å². The van der Waals surface area contributed by atoms with E-state index >= 15 is 0 Å². The van der Waals surface area contributed by atoms with E-state index in [9.17, 15) is 9.59 Å². The molecule has 0 unspecified atom stereocenters. The zero-order valence-corrected chi connectivity index (χ0v) is 11.9. The van der Waals surface area contributed by atoms with Gasteiger partial charge in [-0.05, 0) is 23.8 Å². The standard InChI is InChI=1S/C17H15NO4/c1-22-16-10-13(11-19)3-7-14(16)6-2-12-4-8-15(9-5-12)18-17(20)21/h2-11,18H,1H3,(H,20,21)/b6-2+. The number of aldehydes is 1. The van der Waals surface area contributed by atoms with Gasteiger partial charge in [0.15, 0.2) is 0 Å². The number of anilines is 1. The molecule has 0 fully saturated rings. The topological polar surface area (TPSA) is 75.6 Å². The third kappa shape index (κ3) is 3.96. The summed E-state index contributed by atoms with van der Waals surface area (Å²) in [6.45, 7) is 0. The Balaban J connectivity index is 2.17. The first-order valence-electron chi connectivity index (χ1n) is 6.53. The van der Waals surface area contributed by atoms with E-state index in [-0.39, 0.29) is 0 Å². The molecule has 2 aromatic carbocycles. The number of methoxy groups -OCH3 is 1. The molecule has 0 radical (unpaired) electrons. The molecule has 0 aliphatic rings. The van der Waals surface area contributed by atoms with Gasteiger partial charge < -0.3 is 9.84 Å². The van der Waals surface area contributed by atoms with Crippen molar-refractivity contribution >= 4 is 30.2 Å². The first-order chi connectivity index (χ1) is 10.6. The van der Waals surface area contributed by atoms with Crippen LogP contribution in [0.25, 0.3) is 12.2 Å². The minimum absolute atomic E-state index is 0.512. The Labute approximate surface area is 127 Å². The Morgan fingerprint density at radius 3 is 2.36 bits per heavy atom.